The van der Waals surface area contributed by atoms with Crippen LogP contribution < -0.4 is 10.1 Å². The van der Waals surface area contributed by atoms with Crippen molar-refractivity contribution in [2.75, 3.05) is 6.54 Å². The molecule has 2 aromatic carbocycles. The summed E-state index contributed by atoms with van der Waals surface area (Å²) in [5, 5.41) is 3.67. The van der Waals surface area contributed by atoms with E-state index in [1.807, 2.05) is 36.4 Å². The van der Waals surface area contributed by atoms with Crippen LogP contribution in [0.4, 0.5) is 0 Å². The molecule has 0 aliphatic heterocycles. The lowest BCUT2D eigenvalue weighted by molar-refractivity contribution is -0.127. The fraction of sp³-hybridized carbons (Fsp3) is 0.381. The molecule has 1 aliphatic rings. The van der Waals surface area contributed by atoms with Crippen LogP contribution in [-0.2, 0) is 24.1 Å². The molecule has 0 heterocycles. The normalized spacial score (nSPS) is 14.5. The van der Waals surface area contributed by atoms with Crippen LogP contribution in [0.1, 0.15) is 36.5 Å². The van der Waals surface area contributed by atoms with E-state index in [9.17, 15) is 4.79 Å². The predicted octanol–water partition coefficient (Wildman–Crippen LogP) is 4.35. The topological polar surface area (TPSA) is 38.3 Å². The Morgan fingerprint density at radius 1 is 1.16 bits per heavy atom. The first kappa shape index (κ1) is 17.8. The Hall–Kier alpha value is -2.00. The van der Waals surface area contributed by atoms with Gasteiger partial charge in [0, 0.05) is 11.6 Å². The molecule has 1 amide bonds. The zero-order valence-corrected chi connectivity index (χ0v) is 15.3. The number of aryl methyl sites for hydroxylation is 1. The third kappa shape index (κ3) is 4.76. The highest BCUT2D eigenvalue weighted by Gasteiger charge is 2.19. The smallest absolute Gasteiger partial charge is 0.260 e. The summed E-state index contributed by atoms with van der Waals surface area (Å²) in [6, 6.07) is 13.8. The lowest BCUT2D eigenvalue weighted by Crippen LogP contribution is -2.37. The molecule has 3 nitrogen and oxygen atoms in total. The van der Waals surface area contributed by atoms with Gasteiger partial charge in [-0.05, 0) is 73.9 Å². The van der Waals surface area contributed by atoms with Crippen molar-refractivity contribution in [3.05, 3.63) is 64.2 Å². The summed E-state index contributed by atoms with van der Waals surface area (Å²) >= 11 is 5.88. The summed E-state index contributed by atoms with van der Waals surface area (Å²) in [6.45, 7) is 2.39. The van der Waals surface area contributed by atoms with Gasteiger partial charge in [-0.1, -0.05) is 35.9 Å². The number of ether oxygens (including phenoxy) is 1. The minimum atomic E-state index is -0.501. The molecule has 0 saturated carbocycles. The van der Waals surface area contributed by atoms with Gasteiger partial charge in [0.1, 0.15) is 5.75 Å². The molecule has 1 aliphatic carbocycles. The Balaban J connectivity index is 1.52. The van der Waals surface area contributed by atoms with Crippen LogP contribution in [-0.4, -0.2) is 18.6 Å². The average molecular weight is 358 g/mol. The Bertz CT molecular complexity index is 727. The third-order valence-electron chi connectivity index (χ3n) is 4.65. The van der Waals surface area contributed by atoms with Crippen LogP contribution >= 0.6 is 11.6 Å². The SMILES string of the molecule is C[C@H](Oc1cccc2c1CCCC2)C(=O)NCCc1ccc(Cl)cc1. The summed E-state index contributed by atoms with van der Waals surface area (Å²) in [4.78, 5) is 12.3. The third-order valence-corrected chi connectivity index (χ3v) is 4.90. The van der Waals surface area contributed by atoms with Crippen LogP contribution in [0.25, 0.3) is 0 Å². The zero-order valence-electron chi connectivity index (χ0n) is 14.6. The lowest BCUT2D eigenvalue weighted by Gasteiger charge is -2.22. The number of amides is 1. The van der Waals surface area contributed by atoms with Crippen LogP contribution in [0.3, 0.4) is 0 Å². The summed E-state index contributed by atoms with van der Waals surface area (Å²) in [5.41, 5.74) is 3.78. The van der Waals surface area contributed by atoms with E-state index in [1.165, 1.54) is 24.0 Å². The molecule has 25 heavy (non-hydrogen) atoms. The Morgan fingerprint density at radius 3 is 2.72 bits per heavy atom. The monoisotopic (exact) mass is 357 g/mol. The van der Waals surface area contributed by atoms with Crippen molar-refractivity contribution in [1.82, 2.24) is 5.32 Å². The van der Waals surface area contributed by atoms with E-state index < -0.39 is 6.10 Å². The Morgan fingerprint density at radius 2 is 1.92 bits per heavy atom. The second-order valence-corrected chi connectivity index (χ2v) is 6.96. The fourth-order valence-electron chi connectivity index (χ4n) is 3.23. The molecule has 0 radical (unpaired) electrons. The second kappa shape index (κ2) is 8.39. The van der Waals surface area contributed by atoms with Gasteiger partial charge in [0.15, 0.2) is 6.10 Å². The van der Waals surface area contributed by atoms with Crippen molar-refractivity contribution in [3.63, 3.8) is 0 Å². The molecule has 2 aromatic rings. The molecule has 0 unspecified atom stereocenters. The summed E-state index contributed by atoms with van der Waals surface area (Å²) in [6.07, 6.45) is 4.84. The van der Waals surface area contributed by atoms with E-state index in [0.29, 0.717) is 6.54 Å². The first-order valence-electron chi connectivity index (χ1n) is 8.93. The van der Waals surface area contributed by atoms with E-state index in [0.717, 1.165) is 35.6 Å². The molecule has 3 rings (SSSR count). The van der Waals surface area contributed by atoms with Gasteiger partial charge in [0.05, 0.1) is 0 Å². The van der Waals surface area contributed by atoms with Gasteiger partial charge in [-0.15, -0.1) is 0 Å². The van der Waals surface area contributed by atoms with Gasteiger partial charge < -0.3 is 10.1 Å². The van der Waals surface area contributed by atoms with Gasteiger partial charge >= 0.3 is 0 Å². The molecule has 0 fully saturated rings. The molecule has 132 valence electrons. The number of carbonyl (C=O) groups excluding carboxylic acids is 1. The molecular formula is C21H24ClNO2. The number of nitrogens with one attached hydrogen (secondary N) is 1. The van der Waals surface area contributed by atoms with Crippen LogP contribution in [0.5, 0.6) is 5.75 Å². The first-order valence-corrected chi connectivity index (χ1v) is 9.31. The summed E-state index contributed by atoms with van der Waals surface area (Å²) in [7, 11) is 0. The maximum Gasteiger partial charge on any atom is 0.260 e. The number of hydrogen-bond donors (Lipinski definition) is 1. The highest BCUT2D eigenvalue weighted by atomic mass is 35.5. The fourth-order valence-corrected chi connectivity index (χ4v) is 3.35. The van der Waals surface area contributed by atoms with Crippen LogP contribution in [0.15, 0.2) is 42.5 Å². The number of benzene rings is 2. The number of fused-ring (bicyclic) bond motifs is 1. The molecular weight excluding hydrogens is 334 g/mol. The van der Waals surface area contributed by atoms with Crippen molar-refractivity contribution < 1.29 is 9.53 Å². The molecule has 0 aromatic heterocycles. The lowest BCUT2D eigenvalue weighted by atomic mass is 9.91. The maximum atomic E-state index is 12.3. The maximum absolute atomic E-state index is 12.3. The van der Waals surface area contributed by atoms with Crippen molar-refractivity contribution in [1.29, 1.82) is 0 Å². The minimum Gasteiger partial charge on any atom is -0.481 e. The molecule has 0 bridgehead atoms. The molecule has 0 spiro atoms. The summed E-state index contributed by atoms with van der Waals surface area (Å²) < 4.78 is 5.96. The van der Waals surface area contributed by atoms with E-state index in [-0.39, 0.29) is 5.91 Å². The second-order valence-electron chi connectivity index (χ2n) is 6.53. The van der Waals surface area contributed by atoms with E-state index in [4.69, 9.17) is 16.3 Å². The summed E-state index contributed by atoms with van der Waals surface area (Å²) in [5.74, 6) is 0.778. The highest BCUT2D eigenvalue weighted by molar-refractivity contribution is 6.30. The molecule has 1 N–H and O–H groups in total. The van der Waals surface area contributed by atoms with Gasteiger partial charge in [0.2, 0.25) is 0 Å². The van der Waals surface area contributed by atoms with Gasteiger partial charge in [-0.3, -0.25) is 4.79 Å². The van der Waals surface area contributed by atoms with Crippen LogP contribution in [0.2, 0.25) is 5.02 Å². The number of rotatable bonds is 6. The van der Waals surface area contributed by atoms with Crippen molar-refractivity contribution >= 4 is 17.5 Å². The van der Waals surface area contributed by atoms with Gasteiger partial charge in [0.25, 0.3) is 5.91 Å². The van der Waals surface area contributed by atoms with Crippen molar-refractivity contribution in [2.24, 2.45) is 0 Å². The van der Waals surface area contributed by atoms with Crippen LogP contribution in [0, 0.1) is 0 Å². The molecule has 0 saturated heterocycles. The van der Waals surface area contributed by atoms with Gasteiger partial charge in [-0.25, -0.2) is 0 Å². The first-order chi connectivity index (χ1) is 12.1. The largest absolute Gasteiger partial charge is 0.481 e. The number of halogens is 1. The average Bonchev–Trinajstić information content (AvgIpc) is 2.63. The highest BCUT2D eigenvalue weighted by Crippen LogP contribution is 2.30. The Kier molecular flexibility index (Phi) is 5.98. The van der Waals surface area contributed by atoms with E-state index in [2.05, 4.69) is 11.4 Å². The quantitative estimate of drug-likeness (QED) is 0.834. The molecule has 1 atom stereocenters. The van der Waals surface area contributed by atoms with E-state index in [1.54, 1.807) is 6.92 Å². The number of carbonyl (C=O) groups is 1. The van der Waals surface area contributed by atoms with Gasteiger partial charge in [-0.2, -0.15) is 0 Å². The predicted molar refractivity (Wildman–Crippen MR) is 101 cm³/mol. The van der Waals surface area contributed by atoms with Crippen molar-refractivity contribution in [3.8, 4) is 5.75 Å². The minimum absolute atomic E-state index is 0.0811. The molecule has 4 heteroatoms. The standard InChI is InChI=1S/C21H24ClNO2/c1-15(21(24)23-14-13-16-9-11-18(22)12-10-16)25-20-8-4-6-17-5-2-3-7-19(17)20/h4,6,8-12,15H,2-3,5,7,13-14H2,1H3,(H,23,24)/t15-/m0/s1. The van der Waals surface area contributed by atoms with Crippen molar-refractivity contribution in [2.45, 2.75) is 45.1 Å². The Labute approximate surface area is 154 Å². The zero-order chi connectivity index (χ0) is 17.6. The van der Waals surface area contributed by atoms with E-state index >= 15 is 0 Å². The number of hydrogen-bond acceptors (Lipinski definition) is 2.